The number of Topliss-reactive ketones (excluding diaryl/α,β-unsaturated/α-hetero) is 2. The molecule has 1 aromatic carbocycles. The lowest BCUT2D eigenvalue weighted by atomic mass is 10.1. The van der Waals surface area contributed by atoms with Crippen LogP contribution in [0.5, 0.6) is 17.2 Å². The first-order chi connectivity index (χ1) is 18.6. The monoisotopic (exact) mass is 538 g/mol. The lowest BCUT2D eigenvalue weighted by Gasteiger charge is -2.11. The number of carbonyl (C=O) groups excluding carboxylic acids is 4. The molecule has 0 fully saturated rings. The zero-order valence-electron chi connectivity index (χ0n) is 21.9. The third-order valence-corrected chi connectivity index (χ3v) is 5.18. The van der Waals surface area contributed by atoms with Crippen molar-refractivity contribution in [3.8, 4) is 17.2 Å². The van der Waals surface area contributed by atoms with Gasteiger partial charge in [-0.3, -0.25) is 19.2 Å². The predicted molar refractivity (Wildman–Crippen MR) is 138 cm³/mol. The van der Waals surface area contributed by atoms with Crippen molar-refractivity contribution in [2.75, 3.05) is 14.2 Å². The molecule has 2 heterocycles. The molecule has 0 aliphatic carbocycles. The number of nitrogens with zero attached hydrogens (tertiary/aromatic N) is 2. The van der Waals surface area contributed by atoms with Gasteiger partial charge in [0.25, 0.3) is 0 Å². The smallest absolute Gasteiger partial charge is 0.305 e. The number of rotatable bonds is 11. The Balaban J connectivity index is 0.000000293. The van der Waals surface area contributed by atoms with E-state index >= 15 is 0 Å². The van der Waals surface area contributed by atoms with Gasteiger partial charge in [0.15, 0.2) is 11.6 Å². The summed E-state index contributed by atoms with van der Waals surface area (Å²) < 4.78 is 14.7. The normalized spacial score (nSPS) is 10.0. The highest BCUT2D eigenvalue weighted by molar-refractivity contribution is 5.98. The van der Waals surface area contributed by atoms with E-state index in [1.165, 1.54) is 14.2 Å². The van der Waals surface area contributed by atoms with Crippen LogP contribution in [0.15, 0.2) is 54.9 Å². The van der Waals surface area contributed by atoms with Gasteiger partial charge in [-0.15, -0.1) is 0 Å². The number of methoxy groups -OCH3 is 2. The maximum atomic E-state index is 12.3. The van der Waals surface area contributed by atoms with Crippen molar-refractivity contribution in [3.63, 3.8) is 0 Å². The number of hydrogen-bond donors (Lipinski definition) is 2. The lowest BCUT2D eigenvalue weighted by molar-refractivity contribution is -0.141. The van der Waals surface area contributed by atoms with Crippen molar-refractivity contribution < 1.29 is 43.6 Å². The topological polar surface area (TPSA) is 162 Å². The quantitative estimate of drug-likeness (QED) is 0.270. The van der Waals surface area contributed by atoms with Gasteiger partial charge < -0.3 is 24.4 Å². The minimum atomic E-state index is -0.508. The molecule has 0 aliphatic heterocycles. The van der Waals surface area contributed by atoms with E-state index in [0.717, 1.165) is 23.4 Å². The number of aromatic nitrogens is 2. The minimum absolute atomic E-state index is 0.0308. The third-order valence-electron chi connectivity index (χ3n) is 5.18. The number of aromatic hydroxyl groups is 2. The predicted octanol–water partition coefficient (Wildman–Crippen LogP) is 3.73. The van der Waals surface area contributed by atoms with Crippen molar-refractivity contribution >= 4 is 23.5 Å². The van der Waals surface area contributed by atoms with Gasteiger partial charge in [-0.05, 0) is 24.1 Å². The first kappa shape index (κ1) is 30.4. The van der Waals surface area contributed by atoms with Crippen molar-refractivity contribution in [3.05, 3.63) is 77.4 Å². The van der Waals surface area contributed by atoms with E-state index in [0.29, 0.717) is 12.4 Å². The average Bonchev–Trinajstić information content (AvgIpc) is 2.94. The highest BCUT2D eigenvalue weighted by atomic mass is 16.5. The van der Waals surface area contributed by atoms with Crippen LogP contribution in [0.1, 0.15) is 57.8 Å². The number of benzene rings is 1. The molecule has 0 radical (unpaired) electrons. The zero-order chi connectivity index (χ0) is 28.8. The maximum Gasteiger partial charge on any atom is 0.305 e. The van der Waals surface area contributed by atoms with E-state index in [9.17, 15) is 24.3 Å². The molecular formula is C28H30N2O9. The Morgan fingerprint density at radius 1 is 0.769 bits per heavy atom. The second kappa shape index (κ2) is 15.5. The fourth-order valence-electron chi connectivity index (χ4n) is 3.13. The third kappa shape index (κ3) is 10.2. The molecule has 0 spiro atoms. The fourth-order valence-corrected chi connectivity index (χ4v) is 3.13. The van der Waals surface area contributed by atoms with Gasteiger partial charge in [0.1, 0.15) is 35.2 Å². The summed E-state index contributed by atoms with van der Waals surface area (Å²) in [6.45, 7) is 2.23. The summed E-state index contributed by atoms with van der Waals surface area (Å²) in [5, 5.41) is 18.3. The van der Waals surface area contributed by atoms with Gasteiger partial charge in [0, 0.05) is 25.1 Å². The van der Waals surface area contributed by atoms with Crippen LogP contribution in [0.2, 0.25) is 0 Å². The summed E-state index contributed by atoms with van der Waals surface area (Å²) in [4.78, 5) is 53.5. The van der Waals surface area contributed by atoms with Gasteiger partial charge in [0.05, 0.1) is 33.3 Å². The molecule has 0 saturated heterocycles. The molecule has 11 nitrogen and oxygen atoms in total. The standard InChI is InChI=1S/C18H19NO4.C10H11NO5/c1-13-10-16(23-12-14-6-4-3-5-7-14)18(19-11-13)15(20)8-9-17(21)22-2;1-16-9(15)3-2-7(13)10-8(14)4-6(12)5-11-10/h3-7,10-11H,8-9,12H2,1-2H3;4-5,12,14H,2-3H2,1H3. The summed E-state index contributed by atoms with van der Waals surface area (Å²) in [5.41, 5.74) is 1.98. The Kier molecular flexibility index (Phi) is 12.1. The molecule has 0 saturated carbocycles. The summed E-state index contributed by atoms with van der Waals surface area (Å²) >= 11 is 0. The van der Waals surface area contributed by atoms with Crippen molar-refractivity contribution in [1.82, 2.24) is 9.97 Å². The number of esters is 2. The molecule has 2 aromatic heterocycles. The molecule has 11 heteroatoms. The molecule has 0 atom stereocenters. The summed E-state index contributed by atoms with van der Waals surface area (Å²) in [6, 6.07) is 12.5. The van der Waals surface area contributed by atoms with Gasteiger partial charge >= 0.3 is 11.9 Å². The Morgan fingerprint density at radius 3 is 1.90 bits per heavy atom. The molecular weight excluding hydrogens is 508 g/mol. The number of ketones is 2. The Labute approximate surface area is 225 Å². The molecule has 2 N–H and O–H groups in total. The van der Waals surface area contributed by atoms with E-state index in [1.807, 2.05) is 37.3 Å². The van der Waals surface area contributed by atoms with Crippen LogP contribution < -0.4 is 4.74 Å². The molecule has 3 aromatic rings. The first-order valence-corrected chi connectivity index (χ1v) is 11.9. The number of carbonyl (C=O) groups is 4. The Bertz CT molecular complexity index is 1290. The van der Waals surface area contributed by atoms with Crippen LogP contribution in [0, 0.1) is 6.92 Å². The molecule has 39 heavy (non-hydrogen) atoms. The number of ether oxygens (including phenoxy) is 3. The SMILES string of the molecule is COC(=O)CCC(=O)c1ncc(C)cc1OCc1ccccc1.COC(=O)CCC(=O)c1ncc(O)cc1O. The van der Waals surface area contributed by atoms with Crippen LogP contribution in [-0.2, 0) is 25.7 Å². The zero-order valence-corrected chi connectivity index (χ0v) is 21.9. The highest BCUT2D eigenvalue weighted by Gasteiger charge is 2.17. The fraction of sp³-hybridized carbons (Fsp3) is 0.286. The molecule has 0 bridgehead atoms. The number of aryl methyl sites for hydroxylation is 1. The average molecular weight is 539 g/mol. The van der Waals surface area contributed by atoms with Crippen molar-refractivity contribution in [2.24, 2.45) is 0 Å². The highest BCUT2D eigenvalue weighted by Crippen LogP contribution is 2.22. The van der Waals surface area contributed by atoms with Crippen LogP contribution in [0.3, 0.4) is 0 Å². The number of pyridine rings is 2. The second-order valence-electron chi connectivity index (χ2n) is 8.19. The van der Waals surface area contributed by atoms with Gasteiger partial charge in [-0.25, -0.2) is 9.97 Å². The van der Waals surface area contributed by atoms with E-state index < -0.39 is 23.5 Å². The molecule has 0 amide bonds. The summed E-state index contributed by atoms with van der Waals surface area (Å²) in [7, 11) is 2.52. The van der Waals surface area contributed by atoms with Crippen molar-refractivity contribution in [2.45, 2.75) is 39.2 Å². The molecule has 206 valence electrons. The molecule has 3 rings (SSSR count). The Hall–Kier alpha value is -4.80. The number of hydrogen-bond acceptors (Lipinski definition) is 11. The first-order valence-electron chi connectivity index (χ1n) is 11.9. The van der Waals surface area contributed by atoms with Crippen LogP contribution in [0.4, 0.5) is 0 Å². The molecule has 0 aliphatic rings. The van der Waals surface area contributed by atoms with Crippen LogP contribution in [0.25, 0.3) is 0 Å². The van der Waals surface area contributed by atoms with E-state index in [1.54, 1.807) is 12.3 Å². The van der Waals surface area contributed by atoms with E-state index in [2.05, 4.69) is 19.4 Å². The maximum absolute atomic E-state index is 12.3. The minimum Gasteiger partial charge on any atom is -0.506 e. The van der Waals surface area contributed by atoms with Gasteiger partial charge in [-0.1, -0.05) is 30.3 Å². The largest absolute Gasteiger partial charge is 0.506 e. The molecule has 0 unspecified atom stereocenters. The van der Waals surface area contributed by atoms with Gasteiger partial charge in [-0.2, -0.15) is 0 Å². The Morgan fingerprint density at radius 2 is 1.33 bits per heavy atom. The van der Waals surface area contributed by atoms with Crippen LogP contribution >= 0.6 is 0 Å². The lowest BCUT2D eigenvalue weighted by Crippen LogP contribution is -2.10. The summed E-state index contributed by atoms with van der Waals surface area (Å²) in [5.74, 6) is -1.86. The van der Waals surface area contributed by atoms with Crippen molar-refractivity contribution in [1.29, 1.82) is 0 Å². The second-order valence-corrected chi connectivity index (χ2v) is 8.19. The van der Waals surface area contributed by atoms with E-state index in [4.69, 9.17) is 9.84 Å². The summed E-state index contributed by atoms with van der Waals surface area (Å²) in [6.07, 6.45) is 2.56. The van der Waals surface area contributed by atoms with Crippen LogP contribution in [-0.4, -0.2) is 57.9 Å². The van der Waals surface area contributed by atoms with E-state index in [-0.39, 0.29) is 48.6 Å². The van der Waals surface area contributed by atoms with Gasteiger partial charge in [0.2, 0.25) is 0 Å².